The summed E-state index contributed by atoms with van der Waals surface area (Å²) in [6, 6.07) is 15.3. The highest BCUT2D eigenvalue weighted by Gasteiger charge is 2.34. The van der Waals surface area contributed by atoms with Crippen molar-refractivity contribution in [3.63, 3.8) is 0 Å². The van der Waals surface area contributed by atoms with Crippen molar-refractivity contribution in [1.82, 2.24) is 10.2 Å². The summed E-state index contributed by atoms with van der Waals surface area (Å²) in [6.45, 7) is 7.35. The molecule has 0 fully saturated rings. The SMILES string of the molecule is CC[C@H](C(=O)NCC(C)C)N(Cc1c(Cl)cccc1Cl)C(=O)CN(c1ccc(C)cc1)S(=O)(=O)c1ccc(OC)c(Br)c1. The van der Waals surface area contributed by atoms with Crippen LogP contribution in [0.1, 0.15) is 38.3 Å². The summed E-state index contributed by atoms with van der Waals surface area (Å²) >= 11 is 16.3. The van der Waals surface area contributed by atoms with E-state index in [0.717, 1.165) is 9.87 Å². The zero-order valence-electron chi connectivity index (χ0n) is 24.7. The molecule has 0 heterocycles. The number of methoxy groups -OCH3 is 1. The topological polar surface area (TPSA) is 96.0 Å². The van der Waals surface area contributed by atoms with E-state index in [0.29, 0.717) is 38.1 Å². The first-order valence-electron chi connectivity index (χ1n) is 13.7. The maximum absolute atomic E-state index is 14.2. The van der Waals surface area contributed by atoms with Crippen LogP contribution in [0.4, 0.5) is 5.69 Å². The van der Waals surface area contributed by atoms with Crippen molar-refractivity contribution in [3.8, 4) is 5.75 Å². The average Bonchev–Trinajstić information content (AvgIpc) is 2.96. The molecule has 8 nitrogen and oxygen atoms in total. The Morgan fingerprint density at radius 1 is 1.02 bits per heavy atom. The van der Waals surface area contributed by atoms with E-state index >= 15 is 0 Å². The summed E-state index contributed by atoms with van der Waals surface area (Å²) in [6.07, 6.45) is 0.278. The van der Waals surface area contributed by atoms with Crippen molar-refractivity contribution in [2.24, 2.45) is 5.92 Å². The molecule has 0 aliphatic carbocycles. The van der Waals surface area contributed by atoms with Gasteiger partial charge in [0, 0.05) is 28.7 Å². The molecule has 0 aromatic heterocycles. The summed E-state index contributed by atoms with van der Waals surface area (Å²) in [4.78, 5) is 28.9. The van der Waals surface area contributed by atoms with Gasteiger partial charge in [0.15, 0.2) is 0 Å². The lowest BCUT2D eigenvalue weighted by Crippen LogP contribution is -2.52. The van der Waals surface area contributed by atoms with E-state index in [2.05, 4.69) is 21.2 Å². The van der Waals surface area contributed by atoms with Crippen LogP contribution in [0.2, 0.25) is 10.0 Å². The van der Waals surface area contributed by atoms with Crippen LogP contribution in [0.15, 0.2) is 70.0 Å². The first kappa shape index (κ1) is 34.7. The second-order valence-electron chi connectivity index (χ2n) is 10.4. The minimum Gasteiger partial charge on any atom is -0.496 e. The van der Waals surface area contributed by atoms with Crippen LogP contribution in [-0.4, -0.2) is 51.4 Å². The zero-order valence-corrected chi connectivity index (χ0v) is 28.6. The number of sulfonamides is 1. The lowest BCUT2D eigenvalue weighted by molar-refractivity contribution is -0.140. The molecular formula is C31H36BrCl2N3O5S. The Morgan fingerprint density at radius 2 is 1.65 bits per heavy atom. The fourth-order valence-electron chi connectivity index (χ4n) is 4.37. The summed E-state index contributed by atoms with van der Waals surface area (Å²) < 4.78 is 35.0. The number of nitrogens with zero attached hydrogens (tertiary/aromatic N) is 2. The van der Waals surface area contributed by atoms with Crippen molar-refractivity contribution in [1.29, 1.82) is 0 Å². The van der Waals surface area contributed by atoms with E-state index < -0.39 is 28.5 Å². The fraction of sp³-hybridized carbons (Fsp3) is 0.355. The van der Waals surface area contributed by atoms with Crippen molar-refractivity contribution in [2.45, 2.75) is 51.6 Å². The number of anilines is 1. The van der Waals surface area contributed by atoms with Crippen LogP contribution in [0.5, 0.6) is 5.75 Å². The molecule has 232 valence electrons. The number of hydrogen-bond acceptors (Lipinski definition) is 5. The van der Waals surface area contributed by atoms with E-state index in [1.54, 1.807) is 49.4 Å². The number of ether oxygens (including phenoxy) is 1. The maximum atomic E-state index is 14.2. The number of carbonyl (C=O) groups is 2. The van der Waals surface area contributed by atoms with Crippen LogP contribution in [0.25, 0.3) is 0 Å². The summed E-state index contributed by atoms with van der Waals surface area (Å²) in [5, 5.41) is 3.56. The number of nitrogens with one attached hydrogen (secondary N) is 1. The molecule has 3 rings (SSSR count). The minimum atomic E-state index is -4.26. The lowest BCUT2D eigenvalue weighted by Gasteiger charge is -2.33. The largest absolute Gasteiger partial charge is 0.496 e. The number of benzene rings is 3. The molecule has 3 aromatic rings. The van der Waals surface area contributed by atoms with Crippen molar-refractivity contribution >= 4 is 66.7 Å². The van der Waals surface area contributed by atoms with Gasteiger partial charge < -0.3 is 15.0 Å². The maximum Gasteiger partial charge on any atom is 0.264 e. The summed E-state index contributed by atoms with van der Waals surface area (Å²) in [5.74, 6) is -0.302. The number of rotatable bonds is 13. The number of hydrogen-bond donors (Lipinski definition) is 1. The second kappa shape index (κ2) is 15.3. The highest BCUT2D eigenvalue weighted by molar-refractivity contribution is 9.10. The molecule has 0 aliphatic rings. The Bertz CT molecular complexity index is 1530. The Balaban J connectivity index is 2.11. The number of halogens is 3. The van der Waals surface area contributed by atoms with Gasteiger partial charge in [0.1, 0.15) is 18.3 Å². The molecule has 0 bridgehead atoms. The quantitative estimate of drug-likeness (QED) is 0.209. The Hall–Kier alpha value is -2.79. The van der Waals surface area contributed by atoms with E-state index in [1.165, 1.54) is 30.2 Å². The van der Waals surface area contributed by atoms with E-state index in [-0.39, 0.29) is 29.7 Å². The molecule has 0 unspecified atom stereocenters. The van der Waals surface area contributed by atoms with Crippen LogP contribution >= 0.6 is 39.1 Å². The Labute approximate surface area is 272 Å². The van der Waals surface area contributed by atoms with Gasteiger partial charge in [0.2, 0.25) is 11.8 Å². The van der Waals surface area contributed by atoms with Gasteiger partial charge in [-0.05, 0) is 77.7 Å². The van der Waals surface area contributed by atoms with Gasteiger partial charge in [-0.3, -0.25) is 13.9 Å². The normalized spacial score (nSPS) is 12.1. The monoisotopic (exact) mass is 711 g/mol. The van der Waals surface area contributed by atoms with Gasteiger partial charge in [0.25, 0.3) is 10.0 Å². The number of carbonyl (C=O) groups excluding carboxylic acids is 2. The number of amides is 2. The van der Waals surface area contributed by atoms with Crippen LogP contribution in [-0.2, 0) is 26.2 Å². The van der Waals surface area contributed by atoms with Crippen molar-refractivity contribution in [3.05, 3.63) is 86.3 Å². The highest BCUT2D eigenvalue weighted by atomic mass is 79.9. The van der Waals surface area contributed by atoms with Gasteiger partial charge in [0.05, 0.1) is 22.2 Å². The second-order valence-corrected chi connectivity index (χ2v) is 14.0. The van der Waals surface area contributed by atoms with Gasteiger partial charge in [-0.25, -0.2) is 8.42 Å². The molecule has 0 spiro atoms. The fourth-order valence-corrected chi connectivity index (χ4v) is 7.02. The molecule has 2 amide bonds. The minimum absolute atomic E-state index is 0.0454. The van der Waals surface area contributed by atoms with Crippen LogP contribution in [0, 0.1) is 12.8 Å². The standard InChI is InChI=1S/C31H36BrCl2N3O5S/c1-6-28(31(39)35-17-20(2)3)36(18-24-26(33)8-7-9-27(24)34)30(38)19-37(22-12-10-21(4)11-13-22)43(40,41)23-14-15-29(42-5)25(32)16-23/h7-16,20,28H,6,17-19H2,1-5H3,(H,35,39)/t28-/m1/s1. The van der Waals surface area contributed by atoms with Crippen molar-refractivity contribution < 1.29 is 22.7 Å². The molecular weight excluding hydrogens is 677 g/mol. The van der Waals surface area contributed by atoms with Crippen LogP contribution < -0.4 is 14.4 Å². The molecule has 0 radical (unpaired) electrons. The Kier molecular flexibility index (Phi) is 12.3. The molecule has 0 saturated carbocycles. The first-order valence-corrected chi connectivity index (χ1v) is 16.7. The Morgan fingerprint density at radius 3 is 2.19 bits per heavy atom. The van der Waals surface area contributed by atoms with Gasteiger partial charge in [-0.15, -0.1) is 0 Å². The molecule has 1 atom stereocenters. The molecule has 0 aliphatic heterocycles. The van der Waals surface area contributed by atoms with Crippen LogP contribution in [0.3, 0.4) is 0 Å². The third-order valence-electron chi connectivity index (χ3n) is 6.77. The lowest BCUT2D eigenvalue weighted by atomic mass is 10.1. The first-order chi connectivity index (χ1) is 20.3. The summed E-state index contributed by atoms with van der Waals surface area (Å²) in [5.41, 5.74) is 1.67. The van der Waals surface area contributed by atoms with Crippen molar-refractivity contribution in [2.75, 3.05) is 24.5 Å². The van der Waals surface area contributed by atoms with E-state index in [4.69, 9.17) is 27.9 Å². The predicted molar refractivity (Wildman–Crippen MR) is 175 cm³/mol. The summed E-state index contributed by atoms with van der Waals surface area (Å²) in [7, 11) is -2.78. The van der Waals surface area contributed by atoms with Gasteiger partial charge >= 0.3 is 0 Å². The molecule has 1 N–H and O–H groups in total. The zero-order chi connectivity index (χ0) is 31.9. The molecule has 12 heteroatoms. The molecule has 3 aromatic carbocycles. The third-order valence-corrected chi connectivity index (χ3v) is 9.87. The van der Waals surface area contributed by atoms with E-state index in [9.17, 15) is 18.0 Å². The average molecular weight is 714 g/mol. The number of aryl methyl sites for hydroxylation is 1. The predicted octanol–water partition coefficient (Wildman–Crippen LogP) is 6.85. The highest BCUT2D eigenvalue weighted by Crippen LogP contribution is 2.32. The van der Waals surface area contributed by atoms with Gasteiger partial charge in [-0.2, -0.15) is 0 Å². The van der Waals surface area contributed by atoms with E-state index in [1.807, 2.05) is 20.8 Å². The smallest absolute Gasteiger partial charge is 0.264 e. The molecule has 43 heavy (non-hydrogen) atoms. The van der Waals surface area contributed by atoms with Gasteiger partial charge in [-0.1, -0.05) is 67.7 Å². The third kappa shape index (κ3) is 8.65. The molecule has 0 saturated heterocycles.